The Kier molecular flexibility index (Phi) is 6.00. The zero-order valence-electron chi connectivity index (χ0n) is 14.9. The summed E-state index contributed by atoms with van der Waals surface area (Å²) in [6, 6.07) is 15.9. The summed E-state index contributed by atoms with van der Waals surface area (Å²) in [7, 11) is 1.92. The van der Waals surface area contributed by atoms with E-state index in [0.717, 1.165) is 27.1 Å². The van der Waals surface area contributed by atoms with Gasteiger partial charge in [-0.05, 0) is 31.4 Å². The van der Waals surface area contributed by atoms with Crippen molar-refractivity contribution >= 4 is 35.1 Å². The zero-order valence-corrected chi connectivity index (χ0v) is 16.5. The summed E-state index contributed by atoms with van der Waals surface area (Å²) in [6.07, 6.45) is 1.99. The number of rotatable bonds is 6. The molecule has 0 bridgehead atoms. The van der Waals surface area contributed by atoms with Gasteiger partial charge in [0.05, 0.1) is 11.4 Å². The van der Waals surface area contributed by atoms with Crippen LogP contribution in [-0.2, 0) is 11.8 Å². The number of nitrogens with zero attached hydrogens (tertiary/aromatic N) is 3. The van der Waals surface area contributed by atoms with Crippen LogP contribution in [0.15, 0.2) is 58.6 Å². The molecule has 1 amide bonds. The molecule has 0 fully saturated rings. The number of carbonyl (C=O) groups is 1. The van der Waals surface area contributed by atoms with Gasteiger partial charge in [0, 0.05) is 17.5 Å². The van der Waals surface area contributed by atoms with E-state index in [1.807, 2.05) is 67.3 Å². The highest BCUT2D eigenvalue weighted by Gasteiger charge is 2.13. The highest BCUT2D eigenvalue weighted by atomic mass is 32.2. The third-order valence-corrected chi connectivity index (χ3v) is 5.64. The van der Waals surface area contributed by atoms with E-state index in [-0.39, 0.29) is 11.7 Å². The molecule has 0 spiro atoms. The summed E-state index contributed by atoms with van der Waals surface area (Å²) in [5, 5.41) is 12.2. The zero-order chi connectivity index (χ0) is 18.5. The second-order valence-corrected chi connectivity index (χ2v) is 7.56. The van der Waals surface area contributed by atoms with Gasteiger partial charge in [0.2, 0.25) is 5.91 Å². The molecule has 0 saturated heterocycles. The molecule has 1 N–H and O–H groups in total. The van der Waals surface area contributed by atoms with E-state index in [9.17, 15) is 4.79 Å². The minimum Gasteiger partial charge on any atom is -0.324 e. The van der Waals surface area contributed by atoms with Crippen molar-refractivity contribution in [2.45, 2.75) is 17.0 Å². The van der Waals surface area contributed by atoms with Crippen molar-refractivity contribution in [2.24, 2.45) is 7.05 Å². The first-order valence-corrected chi connectivity index (χ1v) is 10.3. The Morgan fingerprint density at radius 3 is 2.73 bits per heavy atom. The Labute approximate surface area is 161 Å². The number of aryl methyl sites for hydroxylation is 1. The van der Waals surface area contributed by atoms with Gasteiger partial charge in [0.25, 0.3) is 0 Å². The molecule has 5 nitrogen and oxygen atoms in total. The number of benzene rings is 2. The number of anilines is 1. The maximum absolute atomic E-state index is 12.3. The van der Waals surface area contributed by atoms with E-state index in [1.54, 1.807) is 11.8 Å². The second kappa shape index (κ2) is 8.42. The molecule has 0 aliphatic rings. The molecule has 0 aliphatic carbocycles. The predicted octanol–water partition coefficient (Wildman–Crippen LogP) is 4.24. The van der Waals surface area contributed by atoms with Gasteiger partial charge in [-0.1, -0.05) is 47.7 Å². The van der Waals surface area contributed by atoms with Gasteiger partial charge in [-0.3, -0.25) is 4.79 Å². The highest BCUT2D eigenvalue weighted by Crippen LogP contribution is 2.26. The summed E-state index contributed by atoms with van der Waals surface area (Å²) in [4.78, 5) is 13.3. The molecule has 0 unspecified atom stereocenters. The Morgan fingerprint density at radius 2 is 1.96 bits per heavy atom. The van der Waals surface area contributed by atoms with Crippen molar-refractivity contribution < 1.29 is 4.79 Å². The standard InChI is InChI=1S/C19H20N4OS2/c1-13-7-6-8-14(11-13)18-21-22-19(23(18)2)26-12-17(24)20-15-9-4-5-10-16(15)25-3/h4-11H,12H2,1-3H3,(H,20,24). The first-order chi connectivity index (χ1) is 12.6. The number of amides is 1. The van der Waals surface area contributed by atoms with Crippen LogP contribution in [0, 0.1) is 6.92 Å². The minimum atomic E-state index is -0.0587. The number of hydrogen-bond donors (Lipinski definition) is 1. The van der Waals surface area contributed by atoms with Crippen LogP contribution in [0.4, 0.5) is 5.69 Å². The lowest BCUT2D eigenvalue weighted by atomic mass is 10.1. The van der Waals surface area contributed by atoms with Crippen LogP contribution in [-0.4, -0.2) is 32.7 Å². The third kappa shape index (κ3) is 4.28. The van der Waals surface area contributed by atoms with E-state index in [4.69, 9.17) is 0 Å². The summed E-state index contributed by atoms with van der Waals surface area (Å²) in [5.74, 6) is 1.02. The molecular formula is C19H20N4OS2. The fraction of sp³-hybridized carbons (Fsp3) is 0.211. The molecule has 0 radical (unpaired) electrons. The highest BCUT2D eigenvalue weighted by molar-refractivity contribution is 7.99. The SMILES string of the molecule is CSc1ccccc1NC(=O)CSc1nnc(-c2cccc(C)c2)n1C. The Balaban J connectivity index is 1.66. The predicted molar refractivity (Wildman–Crippen MR) is 109 cm³/mol. The number of aromatic nitrogens is 3. The van der Waals surface area contributed by atoms with Crippen molar-refractivity contribution in [3.63, 3.8) is 0 Å². The summed E-state index contributed by atoms with van der Waals surface area (Å²) in [6.45, 7) is 2.05. The van der Waals surface area contributed by atoms with Crippen LogP contribution in [0.1, 0.15) is 5.56 Å². The topological polar surface area (TPSA) is 59.8 Å². The second-order valence-electron chi connectivity index (χ2n) is 5.77. The Bertz CT molecular complexity index is 923. The van der Waals surface area contributed by atoms with Crippen LogP contribution >= 0.6 is 23.5 Å². The summed E-state index contributed by atoms with van der Waals surface area (Å²) >= 11 is 2.99. The smallest absolute Gasteiger partial charge is 0.234 e. The normalized spacial score (nSPS) is 10.7. The molecule has 0 atom stereocenters. The van der Waals surface area contributed by atoms with Crippen molar-refractivity contribution in [3.05, 3.63) is 54.1 Å². The minimum absolute atomic E-state index is 0.0587. The monoisotopic (exact) mass is 384 g/mol. The average molecular weight is 385 g/mol. The largest absolute Gasteiger partial charge is 0.324 e. The van der Waals surface area contributed by atoms with Gasteiger partial charge in [-0.2, -0.15) is 0 Å². The Morgan fingerprint density at radius 1 is 1.15 bits per heavy atom. The quantitative estimate of drug-likeness (QED) is 0.644. The molecular weight excluding hydrogens is 364 g/mol. The first-order valence-electron chi connectivity index (χ1n) is 8.10. The lowest BCUT2D eigenvalue weighted by Gasteiger charge is -2.09. The fourth-order valence-corrected chi connectivity index (χ4v) is 3.81. The lowest BCUT2D eigenvalue weighted by Crippen LogP contribution is -2.15. The summed E-state index contributed by atoms with van der Waals surface area (Å²) in [5.41, 5.74) is 3.03. The number of nitrogens with one attached hydrogen (secondary N) is 1. The van der Waals surface area contributed by atoms with Crippen LogP contribution in [0.2, 0.25) is 0 Å². The van der Waals surface area contributed by atoms with E-state index in [1.165, 1.54) is 17.3 Å². The van der Waals surface area contributed by atoms with E-state index >= 15 is 0 Å². The van der Waals surface area contributed by atoms with Gasteiger partial charge in [-0.15, -0.1) is 22.0 Å². The van der Waals surface area contributed by atoms with Crippen LogP contribution in [0.5, 0.6) is 0 Å². The molecule has 134 valence electrons. The van der Waals surface area contributed by atoms with Gasteiger partial charge < -0.3 is 9.88 Å². The van der Waals surface area contributed by atoms with Gasteiger partial charge >= 0.3 is 0 Å². The number of carbonyl (C=O) groups excluding carboxylic acids is 1. The molecule has 2 aromatic carbocycles. The molecule has 7 heteroatoms. The average Bonchev–Trinajstić information content (AvgIpc) is 3.01. The van der Waals surface area contributed by atoms with Gasteiger partial charge in [0.15, 0.2) is 11.0 Å². The number of thioether (sulfide) groups is 2. The van der Waals surface area contributed by atoms with Crippen molar-refractivity contribution in [2.75, 3.05) is 17.3 Å². The summed E-state index contributed by atoms with van der Waals surface area (Å²) < 4.78 is 1.92. The molecule has 26 heavy (non-hydrogen) atoms. The maximum Gasteiger partial charge on any atom is 0.234 e. The van der Waals surface area contributed by atoms with Gasteiger partial charge in [-0.25, -0.2) is 0 Å². The van der Waals surface area contributed by atoms with Gasteiger partial charge in [0.1, 0.15) is 0 Å². The molecule has 1 aromatic heterocycles. The molecule has 0 saturated carbocycles. The van der Waals surface area contributed by atoms with Crippen LogP contribution in [0.25, 0.3) is 11.4 Å². The Hall–Kier alpha value is -2.25. The van der Waals surface area contributed by atoms with Crippen molar-refractivity contribution in [3.8, 4) is 11.4 Å². The molecule has 3 rings (SSSR count). The van der Waals surface area contributed by atoms with Crippen LogP contribution in [0.3, 0.4) is 0 Å². The molecule has 1 heterocycles. The number of para-hydroxylation sites is 1. The molecule has 0 aliphatic heterocycles. The van der Waals surface area contributed by atoms with Crippen molar-refractivity contribution in [1.82, 2.24) is 14.8 Å². The maximum atomic E-state index is 12.3. The third-order valence-electron chi connectivity index (χ3n) is 3.82. The van der Waals surface area contributed by atoms with Crippen LogP contribution < -0.4 is 5.32 Å². The van der Waals surface area contributed by atoms with E-state index < -0.39 is 0 Å². The molecule has 3 aromatic rings. The van der Waals surface area contributed by atoms with E-state index in [2.05, 4.69) is 21.6 Å². The lowest BCUT2D eigenvalue weighted by molar-refractivity contribution is -0.113. The van der Waals surface area contributed by atoms with E-state index in [0.29, 0.717) is 0 Å². The fourth-order valence-electron chi connectivity index (χ4n) is 2.54. The number of hydrogen-bond acceptors (Lipinski definition) is 5. The first kappa shape index (κ1) is 18.5. The van der Waals surface area contributed by atoms with Crippen molar-refractivity contribution in [1.29, 1.82) is 0 Å².